The Kier molecular flexibility index (Phi) is 1.66. The molecular weight excluding hydrogens is 132 g/mol. The van der Waals surface area contributed by atoms with Gasteiger partial charge in [0.1, 0.15) is 0 Å². The van der Waals surface area contributed by atoms with Crippen molar-refractivity contribution in [1.82, 2.24) is 9.89 Å². The highest BCUT2D eigenvalue weighted by atomic mass is 16.3. The van der Waals surface area contributed by atoms with Crippen LogP contribution in [0, 0.1) is 0 Å². The molecule has 0 amide bonds. The number of nitrogen functional groups attached to an aromatic ring is 1. The molecule has 0 aromatic carbocycles. The second-order valence-corrected chi connectivity index (χ2v) is 1.86. The Morgan fingerprint density at radius 2 is 2.60 bits per heavy atom. The van der Waals surface area contributed by atoms with Gasteiger partial charge in [-0.3, -0.25) is 0 Å². The first kappa shape index (κ1) is 6.73. The Morgan fingerprint density at radius 1 is 1.90 bits per heavy atom. The van der Waals surface area contributed by atoms with Crippen LogP contribution in [-0.2, 0) is 0 Å². The topological polar surface area (TPSA) is 76.1 Å². The number of anilines is 1. The smallest absolute Gasteiger partial charge is 0.189 e. The van der Waals surface area contributed by atoms with Gasteiger partial charge >= 0.3 is 0 Å². The fourth-order valence-corrected chi connectivity index (χ4v) is 0.621. The molecule has 1 heterocycles. The van der Waals surface area contributed by atoms with Crippen LogP contribution in [0.15, 0.2) is 6.20 Å². The molecule has 0 aliphatic rings. The zero-order chi connectivity index (χ0) is 7.56. The van der Waals surface area contributed by atoms with Crippen molar-refractivity contribution >= 4 is 5.82 Å². The van der Waals surface area contributed by atoms with Gasteiger partial charge in [-0.15, -0.1) is 5.10 Å². The first-order valence-electron chi connectivity index (χ1n) is 3.02. The van der Waals surface area contributed by atoms with E-state index >= 15 is 0 Å². The van der Waals surface area contributed by atoms with E-state index < -0.39 is 0 Å². The minimum absolute atomic E-state index is 0.000880. The lowest BCUT2D eigenvalue weighted by Crippen LogP contribution is -2.14. The zero-order valence-electron chi connectivity index (χ0n) is 5.70. The molecule has 10 heavy (non-hydrogen) atoms. The number of hydrogen-bond acceptors (Lipinski definition) is 4. The van der Waals surface area contributed by atoms with Gasteiger partial charge in [-0.2, -0.15) is 4.79 Å². The molecule has 0 saturated carbocycles. The monoisotopic (exact) mass is 142 g/mol. The summed E-state index contributed by atoms with van der Waals surface area (Å²) in [5.41, 5.74) is 8.08. The maximum absolute atomic E-state index is 8.92. The van der Waals surface area contributed by atoms with Crippen LogP contribution in [0.1, 0.15) is 6.92 Å². The van der Waals surface area contributed by atoms with E-state index in [1.807, 2.05) is 6.92 Å². The number of rotatable bonds is 2. The molecule has 0 aliphatic carbocycles. The van der Waals surface area contributed by atoms with Crippen LogP contribution < -0.4 is 11.2 Å². The van der Waals surface area contributed by atoms with Gasteiger partial charge in [0.2, 0.25) is 0 Å². The number of hydrogen-bond donors (Lipinski definition) is 3. The van der Waals surface area contributed by atoms with Crippen LogP contribution in [0.3, 0.4) is 0 Å². The molecule has 4 N–H and O–H groups in total. The molecule has 1 aromatic heterocycles. The van der Waals surface area contributed by atoms with E-state index in [2.05, 4.69) is 10.5 Å². The number of aromatic nitrogens is 2. The number of nitrogens with zero attached hydrogens (tertiary/aromatic N) is 2. The van der Waals surface area contributed by atoms with Gasteiger partial charge in [-0.25, -0.2) is 0 Å². The van der Waals surface area contributed by atoms with Crippen molar-refractivity contribution in [2.24, 2.45) is 0 Å². The third-order valence-electron chi connectivity index (χ3n) is 1.04. The fraction of sp³-hybridized carbons (Fsp3) is 0.400. The van der Waals surface area contributed by atoms with Crippen molar-refractivity contribution in [1.29, 1.82) is 0 Å². The summed E-state index contributed by atoms with van der Waals surface area (Å²) in [6, 6.07) is 0. The largest absolute Gasteiger partial charge is 0.503 e. The van der Waals surface area contributed by atoms with E-state index in [9.17, 15) is 0 Å². The van der Waals surface area contributed by atoms with E-state index in [0.717, 1.165) is 6.54 Å². The summed E-state index contributed by atoms with van der Waals surface area (Å²) < 4.78 is 0. The highest BCUT2D eigenvalue weighted by Gasteiger charge is 2.00. The molecule has 1 aromatic rings. The Balaban J connectivity index is 2.77. The molecule has 0 radical (unpaired) electrons. The quantitative estimate of drug-likeness (QED) is 0.531. The minimum atomic E-state index is 0.000880. The van der Waals surface area contributed by atoms with Gasteiger partial charge in [-0.05, 0) is 6.92 Å². The van der Waals surface area contributed by atoms with E-state index in [4.69, 9.17) is 10.8 Å². The lowest BCUT2D eigenvalue weighted by molar-refractivity contribution is 0.477. The number of nitrogens with one attached hydrogen (secondary N) is 1. The van der Waals surface area contributed by atoms with Crippen LogP contribution in [0.2, 0.25) is 0 Å². The molecule has 0 aliphatic heterocycles. The predicted octanol–water partition coefficient (Wildman–Crippen LogP) is -0.266. The number of nitrogens with two attached hydrogens (primary N) is 1. The van der Waals surface area contributed by atoms with Gasteiger partial charge in [0.25, 0.3) is 0 Å². The summed E-state index contributed by atoms with van der Waals surface area (Å²) in [7, 11) is 0. The molecule has 0 saturated heterocycles. The van der Waals surface area contributed by atoms with E-state index in [-0.39, 0.29) is 11.6 Å². The Bertz CT molecular complexity index is 200. The lowest BCUT2D eigenvalue weighted by atomic mass is 10.6. The van der Waals surface area contributed by atoms with E-state index in [1.54, 1.807) is 0 Å². The van der Waals surface area contributed by atoms with Gasteiger partial charge in [-0.1, -0.05) is 0 Å². The number of aromatic hydroxyl groups is 1. The standard InChI is InChI=1S/C5H10N4O/c1-2-7-9-3-4(10)5(6)8-9/h3,7,10H,2H2,1H3,(H2,6,8). The minimum Gasteiger partial charge on any atom is -0.503 e. The average molecular weight is 142 g/mol. The normalized spacial score (nSPS) is 9.70. The summed E-state index contributed by atoms with van der Waals surface area (Å²) in [6.45, 7) is 2.66. The second kappa shape index (κ2) is 2.47. The summed E-state index contributed by atoms with van der Waals surface area (Å²) in [4.78, 5) is 1.38. The molecule has 1 rings (SSSR count). The Labute approximate surface area is 58.4 Å². The summed E-state index contributed by atoms with van der Waals surface area (Å²) >= 11 is 0. The van der Waals surface area contributed by atoms with Crippen molar-refractivity contribution in [3.8, 4) is 5.75 Å². The Morgan fingerprint density at radius 3 is 3.00 bits per heavy atom. The van der Waals surface area contributed by atoms with Crippen molar-refractivity contribution in [3.05, 3.63) is 6.20 Å². The SMILES string of the molecule is CCNn1cc(O)c(N)n1. The van der Waals surface area contributed by atoms with Crippen LogP contribution >= 0.6 is 0 Å². The lowest BCUT2D eigenvalue weighted by Gasteiger charge is -1.98. The summed E-state index contributed by atoms with van der Waals surface area (Å²) in [5.74, 6) is 0.141. The first-order chi connectivity index (χ1) is 4.74. The third-order valence-corrected chi connectivity index (χ3v) is 1.04. The van der Waals surface area contributed by atoms with Gasteiger partial charge in [0.15, 0.2) is 11.6 Å². The molecule has 5 heteroatoms. The fourth-order valence-electron chi connectivity index (χ4n) is 0.621. The third kappa shape index (κ3) is 1.12. The maximum atomic E-state index is 8.92. The van der Waals surface area contributed by atoms with Crippen molar-refractivity contribution in [2.45, 2.75) is 6.92 Å². The second-order valence-electron chi connectivity index (χ2n) is 1.86. The molecule has 0 bridgehead atoms. The van der Waals surface area contributed by atoms with E-state index in [0.29, 0.717) is 0 Å². The van der Waals surface area contributed by atoms with E-state index in [1.165, 1.54) is 11.0 Å². The zero-order valence-corrected chi connectivity index (χ0v) is 5.70. The highest BCUT2D eigenvalue weighted by Crippen LogP contribution is 2.14. The van der Waals surface area contributed by atoms with Crippen molar-refractivity contribution in [2.75, 3.05) is 17.7 Å². The molecule has 56 valence electrons. The van der Waals surface area contributed by atoms with Gasteiger partial charge in [0.05, 0.1) is 6.20 Å². The van der Waals surface area contributed by atoms with Crippen LogP contribution in [-0.4, -0.2) is 21.5 Å². The molecule has 0 atom stereocenters. The Hall–Kier alpha value is -1.39. The molecule has 0 spiro atoms. The van der Waals surface area contributed by atoms with Gasteiger partial charge in [0, 0.05) is 6.54 Å². The molecule has 0 fully saturated rings. The average Bonchev–Trinajstić information content (AvgIpc) is 2.14. The maximum Gasteiger partial charge on any atom is 0.189 e. The van der Waals surface area contributed by atoms with Gasteiger partial charge < -0.3 is 16.3 Å². The molecule has 0 unspecified atom stereocenters. The molecule has 5 nitrogen and oxygen atoms in total. The van der Waals surface area contributed by atoms with Crippen LogP contribution in [0.25, 0.3) is 0 Å². The molecular formula is C5H10N4O. The first-order valence-corrected chi connectivity index (χ1v) is 3.02. The van der Waals surface area contributed by atoms with Crippen LogP contribution in [0.4, 0.5) is 5.82 Å². The predicted molar refractivity (Wildman–Crippen MR) is 38.2 cm³/mol. The highest BCUT2D eigenvalue weighted by molar-refractivity contribution is 5.42. The summed E-state index contributed by atoms with van der Waals surface area (Å²) in [5, 5.41) is 12.7. The van der Waals surface area contributed by atoms with Crippen molar-refractivity contribution < 1.29 is 5.11 Å². The van der Waals surface area contributed by atoms with Crippen LogP contribution in [0.5, 0.6) is 5.75 Å². The van der Waals surface area contributed by atoms with Crippen molar-refractivity contribution in [3.63, 3.8) is 0 Å². The summed E-state index contributed by atoms with van der Waals surface area (Å²) in [6.07, 6.45) is 1.42.